The zero-order valence-corrected chi connectivity index (χ0v) is 15.7. The van der Waals surface area contributed by atoms with E-state index >= 15 is 0 Å². The van der Waals surface area contributed by atoms with Gasteiger partial charge in [-0.05, 0) is 31.2 Å². The standard InChI is InChI=1S/C17H13Cl2F3N2O4/c1-9(16(25)28-8-10-2-4-12(18)7-13(10)19)23-14-5-3-11(17(20,21)22)6-15(14)24(26)27/h2-7,9,23H,8H2,1H3. The smallest absolute Gasteiger partial charge is 0.416 e. The average molecular weight is 437 g/mol. The molecule has 0 aliphatic rings. The van der Waals surface area contributed by atoms with Crippen LogP contribution in [0.25, 0.3) is 0 Å². The topological polar surface area (TPSA) is 81.5 Å². The van der Waals surface area contributed by atoms with E-state index in [1.54, 1.807) is 12.1 Å². The number of esters is 1. The van der Waals surface area contributed by atoms with Crippen molar-refractivity contribution in [3.8, 4) is 0 Å². The van der Waals surface area contributed by atoms with Crippen molar-refractivity contribution in [2.24, 2.45) is 0 Å². The molecule has 150 valence electrons. The van der Waals surface area contributed by atoms with Crippen molar-refractivity contribution in [2.45, 2.75) is 25.7 Å². The predicted octanol–water partition coefficient (Wildman–Crippen LogP) is 5.46. The number of hydrogen-bond acceptors (Lipinski definition) is 5. The molecule has 0 amide bonds. The van der Waals surface area contributed by atoms with E-state index in [0.29, 0.717) is 27.7 Å². The molecule has 1 N–H and O–H groups in total. The summed E-state index contributed by atoms with van der Waals surface area (Å²) in [5.41, 5.74) is -1.73. The molecule has 6 nitrogen and oxygen atoms in total. The summed E-state index contributed by atoms with van der Waals surface area (Å²) >= 11 is 11.7. The molecule has 0 aromatic heterocycles. The van der Waals surface area contributed by atoms with E-state index in [1.165, 1.54) is 13.0 Å². The second kappa shape index (κ2) is 8.66. The third kappa shape index (κ3) is 5.49. The molecule has 1 atom stereocenters. The molecule has 2 aromatic rings. The number of alkyl halides is 3. The average Bonchev–Trinajstić information content (AvgIpc) is 2.59. The highest BCUT2D eigenvalue weighted by atomic mass is 35.5. The van der Waals surface area contributed by atoms with Gasteiger partial charge in [0.05, 0.1) is 10.5 Å². The van der Waals surface area contributed by atoms with Crippen molar-refractivity contribution in [1.82, 2.24) is 0 Å². The third-order valence-corrected chi connectivity index (χ3v) is 4.22. The molecule has 0 spiro atoms. The summed E-state index contributed by atoms with van der Waals surface area (Å²) in [6, 6.07) is 5.50. The molecule has 0 bridgehead atoms. The zero-order chi connectivity index (χ0) is 21.1. The van der Waals surface area contributed by atoms with Gasteiger partial charge in [0, 0.05) is 21.7 Å². The van der Waals surface area contributed by atoms with Crippen LogP contribution in [0.4, 0.5) is 24.5 Å². The number of carbonyl (C=O) groups is 1. The lowest BCUT2D eigenvalue weighted by Gasteiger charge is -2.16. The van der Waals surface area contributed by atoms with Crippen LogP contribution in [0.2, 0.25) is 10.0 Å². The quantitative estimate of drug-likeness (QED) is 0.369. The molecule has 2 aromatic carbocycles. The van der Waals surface area contributed by atoms with Crippen LogP contribution in [0.3, 0.4) is 0 Å². The van der Waals surface area contributed by atoms with E-state index in [1.807, 2.05) is 0 Å². The number of nitro groups is 1. The van der Waals surface area contributed by atoms with Crippen molar-refractivity contribution in [2.75, 3.05) is 5.32 Å². The largest absolute Gasteiger partial charge is 0.459 e. The number of ether oxygens (including phenoxy) is 1. The summed E-state index contributed by atoms with van der Waals surface area (Å²) in [6.45, 7) is 1.18. The Bertz CT molecular complexity index is 906. The van der Waals surface area contributed by atoms with Gasteiger partial charge in [-0.3, -0.25) is 10.1 Å². The lowest BCUT2D eigenvalue weighted by Crippen LogP contribution is -2.28. The fourth-order valence-corrected chi connectivity index (χ4v) is 2.65. The number of nitrogens with one attached hydrogen (secondary N) is 1. The zero-order valence-electron chi connectivity index (χ0n) is 14.2. The summed E-state index contributed by atoms with van der Waals surface area (Å²) in [6.07, 6.45) is -4.73. The molecule has 0 saturated carbocycles. The predicted molar refractivity (Wildman–Crippen MR) is 97.4 cm³/mol. The van der Waals surface area contributed by atoms with Crippen LogP contribution < -0.4 is 5.32 Å². The fraction of sp³-hybridized carbons (Fsp3) is 0.235. The van der Waals surface area contributed by atoms with Gasteiger partial charge in [0.2, 0.25) is 0 Å². The maximum absolute atomic E-state index is 12.7. The molecule has 1 unspecified atom stereocenters. The fourth-order valence-electron chi connectivity index (χ4n) is 2.19. The Hall–Kier alpha value is -2.52. The van der Waals surface area contributed by atoms with E-state index in [0.717, 1.165) is 6.07 Å². The van der Waals surface area contributed by atoms with E-state index < -0.39 is 34.4 Å². The van der Waals surface area contributed by atoms with Gasteiger partial charge in [0.25, 0.3) is 5.69 Å². The second-order valence-corrected chi connectivity index (χ2v) is 6.54. The molecule has 0 aliphatic carbocycles. The first-order valence-corrected chi connectivity index (χ1v) is 8.47. The number of hydrogen-bond donors (Lipinski definition) is 1. The Morgan fingerprint density at radius 2 is 1.93 bits per heavy atom. The van der Waals surface area contributed by atoms with Crippen LogP contribution in [0.1, 0.15) is 18.1 Å². The lowest BCUT2D eigenvalue weighted by molar-refractivity contribution is -0.384. The second-order valence-electron chi connectivity index (χ2n) is 5.70. The van der Waals surface area contributed by atoms with Crippen molar-refractivity contribution in [1.29, 1.82) is 0 Å². The van der Waals surface area contributed by atoms with Gasteiger partial charge in [-0.25, -0.2) is 4.79 Å². The highest BCUT2D eigenvalue weighted by Crippen LogP contribution is 2.35. The lowest BCUT2D eigenvalue weighted by atomic mass is 10.1. The van der Waals surface area contributed by atoms with E-state index in [-0.39, 0.29) is 12.3 Å². The molecular formula is C17H13Cl2F3N2O4. The van der Waals surface area contributed by atoms with Crippen LogP contribution in [0, 0.1) is 10.1 Å². The van der Waals surface area contributed by atoms with Crippen LogP contribution in [0.15, 0.2) is 36.4 Å². The Balaban J connectivity index is 2.09. The van der Waals surface area contributed by atoms with Gasteiger partial charge < -0.3 is 10.1 Å². The van der Waals surface area contributed by atoms with Crippen LogP contribution in [-0.4, -0.2) is 16.9 Å². The molecule has 28 heavy (non-hydrogen) atoms. The molecule has 0 aliphatic heterocycles. The van der Waals surface area contributed by atoms with Gasteiger partial charge in [-0.2, -0.15) is 13.2 Å². The minimum atomic E-state index is -4.73. The van der Waals surface area contributed by atoms with Crippen LogP contribution >= 0.6 is 23.2 Å². The van der Waals surface area contributed by atoms with E-state index in [2.05, 4.69) is 5.32 Å². The van der Waals surface area contributed by atoms with Crippen molar-refractivity contribution >= 4 is 40.5 Å². The number of nitrogens with zero attached hydrogens (tertiary/aromatic N) is 1. The Morgan fingerprint density at radius 1 is 1.25 bits per heavy atom. The summed E-state index contributed by atoms with van der Waals surface area (Å²) in [5.74, 6) is -0.778. The number of halogens is 5. The monoisotopic (exact) mass is 436 g/mol. The number of rotatable bonds is 6. The number of benzene rings is 2. The highest BCUT2D eigenvalue weighted by molar-refractivity contribution is 6.35. The minimum absolute atomic E-state index is 0.171. The summed E-state index contributed by atoms with van der Waals surface area (Å²) in [7, 11) is 0. The maximum Gasteiger partial charge on any atom is 0.416 e. The molecule has 0 fully saturated rings. The number of nitro benzene ring substituents is 1. The number of anilines is 1. The SMILES string of the molecule is CC(Nc1ccc(C(F)(F)F)cc1[N+](=O)[O-])C(=O)OCc1ccc(Cl)cc1Cl. The normalized spacial score (nSPS) is 12.4. The van der Waals surface area contributed by atoms with Crippen molar-refractivity contribution in [3.63, 3.8) is 0 Å². The molecule has 0 saturated heterocycles. The van der Waals surface area contributed by atoms with Crippen LogP contribution in [-0.2, 0) is 22.3 Å². The van der Waals surface area contributed by atoms with Gasteiger partial charge in [0.15, 0.2) is 0 Å². The van der Waals surface area contributed by atoms with E-state index in [4.69, 9.17) is 27.9 Å². The Kier molecular flexibility index (Phi) is 6.73. The van der Waals surface area contributed by atoms with Crippen molar-refractivity contribution < 1.29 is 27.6 Å². The summed E-state index contributed by atoms with van der Waals surface area (Å²) in [5, 5.41) is 14.3. The van der Waals surface area contributed by atoms with Gasteiger partial charge in [0.1, 0.15) is 18.3 Å². The first-order valence-electron chi connectivity index (χ1n) is 7.71. The van der Waals surface area contributed by atoms with Crippen molar-refractivity contribution in [3.05, 3.63) is 67.7 Å². The Labute approximate surface area is 167 Å². The Morgan fingerprint density at radius 3 is 2.50 bits per heavy atom. The van der Waals surface area contributed by atoms with Gasteiger partial charge in [-0.15, -0.1) is 0 Å². The minimum Gasteiger partial charge on any atom is -0.459 e. The number of carbonyl (C=O) groups excluding carboxylic acids is 1. The molecular weight excluding hydrogens is 424 g/mol. The van der Waals surface area contributed by atoms with Gasteiger partial charge >= 0.3 is 12.1 Å². The third-order valence-electron chi connectivity index (χ3n) is 3.63. The van der Waals surface area contributed by atoms with Crippen LogP contribution in [0.5, 0.6) is 0 Å². The first kappa shape index (κ1) is 21.8. The summed E-state index contributed by atoms with van der Waals surface area (Å²) in [4.78, 5) is 22.2. The maximum atomic E-state index is 12.7. The van der Waals surface area contributed by atoms with E-state index in [9.17, 15) is 28.1 Å². The first-order chi connectivity index (χ1) is 13.0. The molecule has 11 heteroatoms. The summed E-state index contributed by atoms with van der Waals surface area (Å²) < 4.78 is 43.3. The molecule has 0 heterocycles. The molecule has 2 rings (SSSR count). The van der Waals surface area contributed by atoms with Gasteiger partial charge in [-0.1, -0.05) is 29.3 Å². The molecule has 0 radical (unpaired) electrons. The highest BCUT2D eigenvalue weighted by Gasteiger charge is 2.33.